The van der Waals surface area contributed by atoms with Crippen LogP contribution in [0.4, 0.5) is 16.2 Å². The van der Waals surface area contributed by atoms with Crippen LogP contribution in [0.25, 0.3) is 0 Å². The van der Waals surface area contributed by atoms with Crippen molar-refractivity contribution in [1.82, 2.24) is 5.32 Å². The van der Waals surface area contributed by atoms with Gasteiger partial charge < -0.3 is 16.4 Å². The molecule has 0 aromatic heterocycles. The van der Waals surface area contributed by atoms with Gasteiger partial charge in [-0.1, -0.05) is 6.42 Å². The van der Waals surface area contributed by atoms with E-state index in [-0.39, 0.29) is 36.3 Å². The highest BCUT2D eigenvalue weighted by Gasteiger charge is 2.25. The summed E-state index contributed by atoms with van der Waals surface area (Å²) in [6, 6.07) is 7.44. The van der Waals surface area contributed by atoms with Gasteiger partial charge in [-0.05, 0) is 43.5 Å². The Kier molecular flexibility index (Phi) is 5.85. The summed E-state index contributed by atoms with van der Waals surface area (Å²) >= 11 is 0. The summed E-state index contributed by atoms with van der Waals surface area (Å²) in [6.07, 6.45) is 3.70. The molecule has 0 radical (unpaired) electrons. The van der Waals surface area contributed by atoms with Crippen molar-refractivity contribution in [1.29, 1.82) is 0 Å². The fraction of sp³-hybridized carbons (Fsp3) is 0.500. The Morgan fingerprint density at radius 1 is 1.26 bits per heavy atom. The van der Waals surface area contributed by atoms with E-state index in [9.17, 15) is 9.59 Å². The number of carbonyl (C=O) groups is 2. The second-order valence-electron chi connectivity index (χ2n) is 6.04. The van der Waals surface area contributed by atoms with Crippen LogP contribution in [0.3, 0.4) is 0 Å². The van der Waals surface area contributed by atoms with Crippen molar-refractivity contribution in [3.05, 3.63) is 24.3 Å². The number of carbonyl (C=O) groups excluding carboxylic acids is 2. The van der Waals surface area contributed by atoms with Gasteiger partial charge >= 0.3 is 6.03 Å². The number of urea groups is 1. The largest absolute Gasteiger partial charge is 0.336 e. The van der Waals surface area contributed by atoms with E-state index < -0.39 is 0 Å². The summed E-state index contributed by atoms with van der Waals surface area (Å²) in [5, 5.41) is 5.72. The zero-order chi connectivity index (χ0) is 15.5. The number of hydrogen-bond donors (Lipinski definition) is 3. The van der Waals surface area contributed by atoms with Crippen LogP contribution in [-0.4, -0.2) is 31.1 Å². The quantitative estimate of drug-likeness (QED) is 0.788. The summed E-state index contributed by atoms with van der Waals surface area (Å²) in [7, 11) is 0. The maximum absolute atomic E-state index is 12.3. The topological polar surface area (TPSA) is 87.5 Å². The van der Waals surface area contributed by atoms with E-state index in [0.29, 0.717) is 13.1 Å². The number of nitrogens with zero attached hydrogens (tertiary/aromatic N) is 1. The van der Waals surface area contributed by atoms with Crippen molar-refractivity contribution in [2.75, 3.05) is 23.3 Å². The maximum Gasteiger partial charge on any atom is 0.321 e. The molecule has 2 aliphatic rings. The zero-order valence-corrected chi connectivity index (χ0v) is 13.8. The molecule has 2 unspecified atom stereocenters. The van der Waals surface area contributed by atoms with Crippen molar-refractivity contribution in [2.45, 2.75) is 31.7 Å². The molecule has 23 heavy (non-hydrogen) atoms. The average molecular weight is 339 g/mol. The maximum atomic E-state index is 12.3. The molecule has 7 heteroatoms. The summed E-state index contributed by atoms with van der Waals surface area (Å²) in [5.74, 6) is 0.0506. The van der Waals surface area contributed by atoms with E-state index >= 15 is 0 Å². The lowest BCUT2D eigenvalue weighted by Gasteiger charge is -2.25. The highest BCUT2D eigenvalue weighted by molar-refractivity contribution is 5.95. The third-order valence-corrected chi connectivity index (χ3v) is 4.39. The van der Waals surface area contributed by atoms with Crippen LogP contribution >= 0.6 is 12.4 Å². The van der Waals surface area contributed by atoms with Crippen molar-refractivity contribution in [3.8, 4) is 0 Å². The summed E-state index contributed by atoms with van der Waals surface area (Å²) in [5.41, 5.74) is 7.53. The number of nitrogens with one attached hydrogen (secondary N) is 2. The van der Waals surface area contributed by atoms with Crippen LogP contribution < -0.4 is 21.3 Å². The van der Waals surface area contributed by atoms with Crippen molar-refractivity contribution in [3.63, 3.8) is 0 Å². The van der Waals surface area contributed by atoms with Crippen molar-refractivity contribution >= 4 is 35.7 Å². The predicted molar refractivity (Wildman–Crippen MR) is 93.0 cm³/mol. The highest BCUT2D eigenvalue weighted by Crippen LogP contribution is 2.25. The first kappa shape index (κ1) is 17.6. The number of rotatable bonds is 3. The molecule has 6 nitrogen and oxygen atoms in total. The van der Waals surface area contributed by atoms with Gasteiger partial charge in [-0.2, -0.15) is 0 Å². The van der Waals surface area contributed by atoms with Gasteiger partial charge in [0.15, 0.2) is 0 Å². The van der Waals surface area contributed by atoms with Crippen LogP contribution in [0.2, 0.25) is 0 Å². The van der Waals surface area contributed by atoms with Gasteiger partial charge in [0.1, 0.15) is 0 Å². The number of halogens is 1. The molecule has 3 amide bonds. The van der Waals surface area contributed by atoms with Gasteiger partial charge in [0.05, 0.1) is 0 Å². The van der Waals surface area contributed by atoms with E-state index in [4.69, 9.17) is 5.73 Å². The van der Waals surface area contributed by atoms with Gasteiger partial charge in [0, 0.05) is 36.4 Å². The number of amides is 3. The molecule has 0 spiro atoms. The average Bonchev–Trinajstić information content (AvgIpc) is 2.94. The van der Waals surface area contributed by atoms with Gasteiger partial charge in [-0.15, -0.1) is 12.4 Å². The first-order valence-electron chi connectivity index (χ1n) is 7.85. The Hall–Kier alpha value is -1.79. The summed E-state index contributed by atoms with van der Waals surface area (Å²) in [6.45, 7) is 1.34. The highest BCUT2D eigenvalue weighted by atomic mass is 35.5. The van der Waals surface area contributed by atoms with E-state index in [1.165, 1.54) is 0 Å². The van der Waals surface area contributed by atoms with Crippen molar-refractivity contribution in [2.24, 2.45) is 11.7 Å². The number of anilines is 2. The molecular weight excluding hydrogens is 316 g/mol. The monoisotopic (exact) mass is 338 g/mol. The molecule has 1 heterocycles. The number of benzene rings is 1. The van der Waals surface area contributed by atoms with Crippen LogP contribution in [0.5, 0.6) is 0 Å². The Bertz CT molecular complexity index is 564. The van der Waals surface area contributed by atoms with E-state index in [0.717, 1.165) is 37.1 Å². The Morgan fingerprint density at radius 2 is 2.00 bits per heavy atom. The van der Waals surface area contributed by atoms with Crippen LogP contribution in [0.1, 0.15) is 25.7 Å². The molecule has 4 N–H and O–H groups in total. The molecule has 1 saturated carbocycles. The number of nitrogens with two attached hydrogens (primary N) is 1. The minimum atomic E-state index is -0.0759. The molecule has 3 rings (SSSR count). The molecule has 126 valence electrons. The third-order valence-electron chi connectivity index (χ3n) is 4.39. The molecule has 1 aromatic carbocycles. The lowest BCUT2D eigenvalue weighted by molar-refractivity contribution is -0.120. The van der Waals surface area contributed by atoms with E-state index in [1.54, 1.807) is 4.90 Å². The van der Waals surface area contributed by atoms with Gasteiger partial charge in [-0.25, -0.2) is 4.79 Å². The second kappa shape index (κ2) is 7.66. The van der Waals surface area contributed by atoms with E-state index in [2.05, 4.69) is 10.6 Å². The Balaban J connectivity index is 0.00000192. The first-order valence-corrected chi connectivity index (χ1v) is 7.85. The van der Waals surface area contributed by atoms with E-state index in [1.807, 2.05) is 24.3 Å². The Morgan fingerprint density at radius 3 is 2.61 bits per heavy atom. The van der Waals surface area contributed by atoms with Gasteiger partial charge in [-0.3, -0.25) is 9.69 Å². The molecule has 1 aliphatic carbocycles. The zero-order valence-electron chi connectivity index (χ0n) is 13.0. The minimum absolute atomic E-state index is 0. The molecule has 1 aromatic rings. The van der Waals surface area contributed by atoms with Crippen molar-refractivity contribution < 1.29 is 9.59 Å². The molecule has 2 fully saturated rings. The van der Waals surface area contributed by atoms with Crippen LogP contribution in [0, 0.1) is 5.92 Å². The van der Waals surface area contributed by atoms with Gasteiger partial charge in [0.2, 0.25) is 5.91 Å². The molecule has 1 saturated heterocycles. The fourth-order valence-electron chi connectivity index (χ4n) is 3.15. The summed E-state index contributed by atoms with van der Waals surface area (Å²) in [4.78, 5) is 25.6. The Labute approximate surface area is 142 Å². The minimum Gasteiger partial charge on any atom is -0.336 e. The predicted octanol–water partition coefficient (Wildman–Crippen LogP) is 2.09. The second-order valence-corrected chi connectivity index (χ2v) is 6.04. The third kappa shape index (κ3) is 4.14. The molecule has 2 atom stereocenters. The lowest BCUT2D eigenvalue weighted by Crippen LogP contribution is -2.34. The molecular formula is C16H23ClN4O2. The summed E-state index contributed by atoms with van der Waals surface area (Å²) < 4.78 is 0. The normalized spacial score (nSPS) is 23.9. The first-order chi connectivity index (χ1) is 10.6. The van der Waals surface area contributed by atoms with Crippen LogP contribution in [-0.2, 0) is 4.79 Å². The fourth-order valence-corrected chi connectivity index (χ4v) is 3.15. The van der Waals surface area contributed by atoms with Gasteiger partial charge in [0.25, 0.3) is 0 Å². The number of hydrogen-bond acceptors (Lipinski definition) is 3. The SMILES string of the molecule is Cl.NC1CCCC(C(=O)Nc2ccc(N3CCNC3=O)cc2)C1. The van der Waals surface area contributed by atoms with Crippen LogP contribution in [0.15, 0.2) is 24.3 Å². The standard InChI is InChI=1S/C16H22N4O2.ClH/c17-12-3-1-2-11(10-12)15(21)19-13-4-6-14(7-5-13)20-9-8-18-16(20)22;/h4-7,11-12H,1-3,8-10,17H2,(H,18,22)(H,19,21);1H. The molecule has 0 bridgehead atoms. The molecule has 1 aliphatic heterocycles. The smallest absolute Gasteiger partial charge is 0.321 e. The lowest BCUT2D eigenvalue weighted by atomic mass is 9.85.